The number of ketones is 1. The lowest BCUT2D eigenvalue weighted by Gasteiger charge is -2.13. The summed E-state index contributed by atoms with van der Waals surface area (Å²) < 4.78 is 10.4. The van der Waals surface area contributed by atoms with Crippen molar-refractivity contribution >= 4 is 29.0 Å². The van der Waals surface area contributed by atoms with Crippen molar-refractivity contribution in [3.05, 3.63) is 57.6 Å². The first-order valence-electron chi connectivity index (χ1n) is 6.62. The molecule has 0 N–H and O–H groups in total. The average Bonchev–Trinajstić information content (AvgIpc) is 2.57. The Morgan fingerprint density at radius 1 is 1.04 bits per heavy atom. The zero-order valence-electron chi connectivity index (χ0n) is 12.5. The Morgan fingerprint density at radius 3 is 2.30 bits per heavy atom. The van der Waals surface area contributed by atoms with Crippen LogP contribution in [-0.2, 0) is 0 Å². The summed E-state index contributed by atoms with van der Waals surface area (Å²) in [5.41, 5.74) is 0.835. The topological polar surface area (TPSA) is 59.3 Å². The Bertz CT molecular complexity index is 784. The zero-order chi connectivity index (χ0) is 17.0. The highest BCUT2D eigenvalue weighted by Crippen LogP contribution is 2.32. The molecule has 118 valence electrons. The van der Waals surface area contributed by atoms with Crippen molar-refractivity contribution in [3.8, 4) is 17.6 Å². The molecule has 1 unspecified atom stereocenters. The Morgan fingerprint density at radius 2 is 1.74 bits per heavy atom. The third kappa shape index (κ3) is 3.58. The van der Waals surface area contributed by atoms with Crippen molar-refractivity contribution in [1.82, 2.24) is 0 Å². The number of Topliss-reactive ketones (excluding diaryl/α,β-unsaturated/α-hetero) is 1. The largest absolute Gasteiger partial charge is 0.493 e. The maximum absolute atomic E-state index is 12.6. The van der Waals surface area contributed by atoms with E-state index in [4.69, 9.17) is 32.7 Å². The molecule has 1 atom stereocenters. The molecule has 0 aliphatic carbocycles. The van der Waals surface area contributed by atoms with E-state index >= 15 is 0 Å². The highest BCUT2D eigenvalue weighted by atomic mass is 35.5. The van der Waals surface area contributed by atoms with Crippen molar-refractivity contribution in [2.45, 2.75) is 5.92 Å². The minimum absolute atomic E-state index is 0.265. The van der Waals surface area contributed by atoms with E-state index in [0.717, 1.165) is 0 Å². The number of hydrogen-bond donors (Lipinski definition) is 0. The van der Waals surface area contributed by atoms with Gasteiger partial charge in [-0.05, 0) is 35.9 Å². The third-order valence-corrected chi connectivity index (χ3v) is 4.08. The summed E-state index contributed by atoms with van der Waals surface area (Å²) in [4.78, 5) is 12.6. The van der Waals surface area contributed by atoms with Gasteiger partial charge in [0.25, 0.3) is 0 Å². The van der Waals surface area contributed by atoms with Gasteiger partial charge in [0.2, 0.25) is 0 Å². The van der Waals surface area contributed by atoms with Crippen LogP contribution < -0.4 is 9.47 Å². The van der Waals surface area contributed by atoms with Gasteiger partial charge in [0.15, 0.2) is 17.3 Å². The summed E-state index contributed by atoms with van der Waals surface area (Å²) in [7, 11) is 3.00. The molecule has 0 aliphatic rings. The maximum Gasteiger partial charge on any atom is 0.184 e. The number of hydrogen-bond acceptors (Lipinski definition) is 4. The second kappa shape index (κ2) is 7.36. The predicted molar refractivity (Wildman–Crippen MR) is 88.7 cm³/mol. The number of nitriles is 1. The molecule has 0 bridgehead atoms. The zero-order valence-corrected chi connectivity index (χ0v) is 14.0. The van der Waals surface area contributed by atoms with E-state index in [1.807, 2.05) is 6.07 Å². The smallest absolute Gasteiger partial charge is 0.184 e. The van der Waals surface area contributed by atoms with Crippen LogP contribution in [0.1, 0.15) is 21.8 Å². The average molecular weight is 350 g/mol. The van der Waals surface area contributed by atoms with Crippen molar-refractivity contribution in [1.29, 1.82) is 5.26 Å². The van der Waals surface area contributed by atoms with E-state index in [1.54, 1.807) is 24.3 Å². The van der Waals surface area contributed by atoms with E-state index < -0.39 is 5.92 Å². The third-order valence-electron chi connectivity index (χ3n) is 3.34. The lowest BCUT2D eigenvalue weighted by atomic mass is 9.91. The fourth-order valence-electron chi connectivity index (χ4n) is 2.13. The molecule has 2 rings (SSSR count). The van der Waals surface area contributed by atoms with Gasteiger partial charge in [-0.25, -0.2) is 0 Å². The van der Waals surface area contributed by atoms with Gasteiger partial charge >= 0.3 is 0 Å². The Labute approximate surface area is 144 Å². The fourth-order valence-corrected chi connectivity index (χ4v) is 2.43. The number of nitrogens with zero attached hydrogens (tertiary/aromatic N) is 1. The number of methoxy groups -OCH3 is 2. The van der Waals surface area contributed by atoms with Gasteiger partial charge in [-0.3, -0.25) is 4.79 Å². The summed E-state index contributed by atoms with van der Waals surface area (Å²) in [6.07, 6.45) is 0. The molecular formula is C17H13Cl2NO3. The van der Waals surface area contributed by atoms with Gasteiger partial charge in [0.1, 0.15) is 5.92 Å². The molecule has 0 saturated carbocycles. The van der Waals surface area contributed by atoms with Gasteiger partial charge < -0.3 is 9.47 Å². The molecule has 0 aliphatic heterocycles. The monoisotopic (exact) mass is 349 g/mol. The first kappa shape index (κ1) is 17.1. The van der Waals surface area contributed by atoms with Crippen molar-refractivity contribution in [2.75, 3.05) is 14.2 Å². The first-order chi connectivity index (χ1) is 11.0. The molecule has 6 heteroatoms. The molecular weight excluding hydrogens is 337 g/mol. The molecule has 23 heavy (non-hydrogen) atoms. The standard InChI is InChI=1S/C17H13Cl2NO3/c1-22-15-6-4-10(8-16(15)23-2)12(9-20)17(21)11-3-5-13(18)14(19)7-11/h3-8,12H,1-2H3. The van der Waals surface area contributed by atoms with Gasteiger partial charge in [0, 0.05) is 5.56 Å². The quantitative estimate of drug-likeness (QED) is 0.745. The second-order valence-electron chi connectivity index (χ2n) is 4.67. The normalized spacial score (nSPS) is 11.4. The first-order valence-corrected chi connectivity index (χ1v) is 7.38. The lowest BCUT2D eigenvalue weighted by Crippen LogP contribution is -2.11. The van der Waals surface area contributed by atoms with Gasteiger partial charge in [-0.15, -0.1) is 0 Å². The second-order valence-corrected chi connectivity index (χ2v) is 5.48. The number of benzene rings is 2. The van der Waals surface area contributed by atoms with Crippen molar-refractivity contribution < 1.29 is 14.3 Å². The highest BCUT2D eigenvalue weighted by molar-refractivity contribution is 6.42. The molecule has 0 saturated heterocycles. The molecule has 0 fully saturated rings. The number of halogens is 2. The number of carbonyl (C=O) groups excluding carboxylic acids is 1. The molecule has 0 heterocycles. The van der Waals surface area contributed by atoms with Crippen LogP contribution in [-0.4, -0.2) is 20.0 Å². The summed E-state index contributed by atoms with van der Waals surface area (Å²) in [5, 5.41) is 10.0. The van der Waals surface area contributed by atoms with Crippen LogP contribution in [0.5, 0.6) is 11.5 Å². The van der Waals surface area contributed by atoms with Crippen LogP contribution >= 0.6 is 23.2 Å². The fraction of sp³-hybridized carbons (Fsp3) is 0.176. The molecule has 2 aromatic carbocycles. The van der Waals surface area contributed by atoms with Crippen LogP contribution in [0.3, 0.4) is 0 Å². The summed E-state index contributed by atoms with van der Waals surface area (Å²) >= 11 is 11.8. The minimum Gasteiger partial charge on any atom is -0.493 e. The van der Waals surface area contributed by atoms with Crippen molar-refractivity contribution in [3.63, 3.8) is 0 Å². The maximum atomic E-state index is 12.6. The van der Waals surface area contributed by atoms with E-state index in [9.17, 15) is 10.1 Å². The molecule has 0 spiro atoms. The van der Waals surface area contributed by atoms with Gasteiger partial charge in [-0.2, -0.15) is 5.26 Å². The van der Waals surface area contributed by atoms with Crippen molar-refractivity contribution in [2.24, 2.45) is 0 Å². The van der Waals surface area contributed by atoms with Crippen LogP contribution in [0.4, 0.5) is 0 Å². The Kier molecular flexibility index (Phi) is 5.49. The van der Waals surface area contributed by atoms with Gasteiger partial charge in [0.05, 0.1) is 30.3 Å². The molecule has 4 nitrogen and oxygen atoms in total. The number of rotatable bonds is 5. The lowest BCUT2D eigenvalue weighted by molar-refractivity contribution is 0.0979. The highest BCUT2D eigenvalue weighted by Gasteiger charge is 2.23. The Hall–Kier alpha value is -2.22. The number of carbonyl (C=O) groups is 1. The molecule has 2 aromatic rings. The minimum atomic E-state index is -0.980. The molecule has 0 radical (unpaired) electrons. The Balaban J connectivity index is 2.41. The number of ether oxygens (including phenoxy) is 2. The summed E-state index contributed by atoms with van der Waals surface area (Å²) in [6.45, 7) is 0. The van der Waals surface area contributed by atoms with Crippen LogP contribution in [0.2, 0.25) is 10.0 Å². The van der Waals surface area contributed by atoms with E-state index in [1.165, 1.54) is 26.4 Å². The van der Waals surface area contributed by atoms with Crippen LogP contribution in [0, 0.1) is 11.3 Å². The molecule has 0 amide bonds. The van der Waals surface area contributed by atoms with E-state index in [0.29, 0.717) is 27.6 Å². The summed E-state index contributed by atoms with van der Waals surface area (Å²) in [6, 6.07) is 11.5. The van der Waals surface area contributed by atoms with E-state index in [2.05, 4.69) is 0 Å². The predicted octanol–water partition coefficient (Wildman–Crippen LogP) is 4.50. The van der Waals surface area contributed by atoms with Crippen LogP contribution in [0.15, 0.2) is 36.4 Å². The SMILES string of the molecule is COc1ccc(C(C#N)C(=O)c2ccc(Cl)c(Cl)c2)cc1OC. The van der Waals surface area contributed by atoms with Crippen LogP contribution in [0.25, 0.3) is 0 Å². The van der Waals surface area contributed by atoms with Gasteiger partial charge in [-0.1, -0.05) is 29.3 Å². The van der Waals surface area contributed by atoms with E-state index in [-0.39, 0.29) is 10.8 Å². The molecule has 0 aromatic heterocycles. The summed E-state index contributed by atoms with van der Waals surface area (Å²) in [5.74, 6) is -0.368.